The number of ketones is 2. The number of carbonyl (C=O) groups is 4. The molecular weight excluding hydrogens is 744 g/mol. The molecule has 57 heavy (non-hydrogen) atoms. The van der Waals surface area contributed by atoms with Gasteiger partial charge in [0.15, 0.2) is 24.6 Å². The van der Waals surface area contributed by atoms with Gasteiger partial charge < -0.3 is 59.7 Å². The van der Waals surface area contributed by atoms with E-state index < -0.39 is 95.1 Å². The second-order valence-corrected chi connectivity index (χ2v) is 16.1. The molecule has 2 amide bonds. The van der Waals surface area contributed by atoms with Gasteiger partial charge in [-0.25, -0.2) is 0 Å². The van der Waals surface area contributed by atoms with E-state index in [-0.39, 0.29) is 71.5 Å². The first-order valence-electron chi connectivity index (χ1n) is 19.2. The molecule has 0 bridgehead atoms. The van der Waals surface area contributed by atoms with Gasteiger partial charge in [0, 0.05) is 75.8 Å². The largest absolute Gasteiger partial charge is 0.507 e. The van der Waals surface area contributed by atoms with Crippen molar-refractivity contribution in [3.63, 3.8) is 0 Å². The van der Waals surface area contributed by atoms with Crippen molar-refractivity contribution in [2.75, 3.05) is 47.5 Å². The number of nitrogens with two attached hydrogens (primary N) is 1. The highest BCUT2D eigenvalue weighted by molar-refractivity contribution is 6.31. The normalized spacial score (nSPS) is 30.4. The van der Waals surface area contributed by atoms with Crippen LogP contribution in [0.25, 0.3) is 0 Å². The Labute approximate surface area is 330 Å². The lowest BCUT2D eigenvalue weighted by Crippen LogP contribution is -2.57. The molecule has 17 heteroatoms. The Bertz CT molecular complexity index is 1970. The molecule has 0 radical (unpaired) electrons. The predicted octanol–water partition coefficient (Wildman–Crippen LogP) is 1.10. The van der Waals surface area contributed by atoms with Crippen LogP contribution in [-0.2, 0) is 39.7 Å². The van der Waals surface area contributed by atoms with E-state index in [1.165, 1.54) is 37.3 Å². The summed E-state index contributed by atoms with van der Waals surface area (Å²) in [6.07, 6.45) is -4.98. The maximum atomic E-state index is 14.1. The number of phenols is 2. The number of phenolic OH excluding ortho intramolecular Hbond substituents is 2. The highest BCUT2D eigenvalue weighted by Gasteiger charge is 2.55. The molecule has 0 saturated carbocycles. The smallest absolute Gasteiger partial charge is 0.252 e. The Morgan fingerprint density at radius 2 is 1.84 bits per heavy atom. The number of fused-ring (bicyclic) bond motifs is 6. The Morgan fingerprint density at radius 1 is 1.12 bits per heavy atom. The number of carbonyl (C=O) groups excluding carboxylic acids is 4. The lowest BCUT2D eigenvalue weighted by atomic mass is 9.72. The summed E-state index contributed by atoms with van der Waals surface area (Å²) in [5.74, 6) is -4.03. The molecule has 0 unspecified atom stereocenters. The Morgan fingerprint density at radius 3 is 2.53 bits per heavy atom. The lowest BCUT2D eigenvalue weighted by molar-refractivity contribution is -0.256. The number of likely N-dealkylation sites (N-methyl/N-ethyl adjacent to an activating group) is 1. The number of amides is 2. The van der Waals surface area contributed by atoms with E-state index in [9.17, 15) is 34.5 Å². The van der Waals surface area contributed by atoms with E-state index >= 15 is 0 Å². The third kappa shape index (κ3) is 6.77. The number of aliphatic hydroxyl groups is 1. The summed E-state index contributed by atoms with van der Waals surface area (Å²) in [7, 11) is 4.45. The summed E-state index contributed by atoms with van der Waals surface area (Å²) in [6.45, 7) is 8.12. The Kier molecular flexibility index (Phi) is 10.9. The molecule has 0 aromatic heterocycles. The number of ether oxygens (including phenoxy) is 6. The topological polar surface area (TPSA) is 229 Å². The fourth-order valence-electron chi connectivity index (χ4n) is 8.76. The zero-order valence-electron chi connectivity index (χ0n) is 33.2. The van der Waals surface area contributed by atoms with Gasteiger partial charge in [-0.1, -0.05) is 26.0 Å². The average Bonchev–Trinajstić information content (AvgIpc) is 3.56. The van der Waals surface area contributed by atoms with Crippen molar-refractivity contribution in [2.45, 2.75) is 101 Å². The minimum absolute atomic E-state index is 0.0436. The third-order valence-corrected chi connectivity index (χ3v) is 12.3. The summed E-state index contributed by atoms with van der Waals surface area (Å²) in [5.41, 5.74) is 1.64. The van der Waals surface area contributed by atoms with Crippen LogP contribution in [0.2, 0.25) is 0 Å². The molecule has 0 spiro atoms. The van der Waals surface area contributed by atoms with Crippen LogP contribution in [0.5, 0.6) is 17.2 Å². The summed E-state index contributed by atoms with van der Waals surface area (Å²) in [4.78, 5) is 58.7. The van der Waals surface area contributed by atoms with E-state index in [0.29, 0.717) is 13.2 Å². The molecule has 17 nitrogen and oxygen atoms in total. The number of nitrogens with zero attached hydrogens (tertiary/aromatic N) is 2. The number of hydrogen-bond donors (Lipinski definition) is 5. The SMILES string of the molecule is COc1cccc2c1C(=O)c1c(O)c3c(c(O)c1C2=O)C[C@@](O)(C(=O)NCCN(C)C(=O)[C@@](C)(N)C(C)C)C[C@@H]3O[C@H]1C[C@H]2[C@H](O[C@@H]3[C@@H](OC)OCCN32)[C@H](C)O1. The number of hydrogen-bond acceptors (Lipinski definition) is 15. The number of nitrogens with one attached hydrogen (secondary N) is 1. The van der Waals surface area contributed by atoms with Crippen LogP contribution >= 0.6 is 0 Å². The van der Waals surface area contributed by atoms with E-state index in [1.807, 2.05) is 20.8 Å². The molecule has 2 aliphatic carbocycles. The number of methoxy groups -OCH3 is 2. The first kappa shape index (κ1) is 41.0. The zero-order valence-corrected chi connectivity index (χ0v) is 33.2. The van der Waals surface area contributed by atoms with Gasteiger partial charge in [-0.05, 0) is 25.8 Å². The molecule has 2 aromatic carbocycles. The third-order valence-electron chi connectivity index (χ3n) is 12.3. The zero-order chi connectivity index (χ0) is 41.3. The van der Waals surface area contributed by atoms with Crippen LogP contribution in [0.3, 0.4) is 0 Å². The van der Waals surface area contributed by atoms with E-state index in [0.717, 1.165) is 0 Å². The van der Waals surface area contributed by atoms with E-state index in [4.69, 9.17) is 34.2 Å². The monoisotopic (exact) mass is 796 g/mol. The molecule has 310 valence electrons. The van der Waals surface area contributed by atoms with Gasteiger partial charge >= 0.3 is 0 Å². The first-order valence-corrected chi connectivity index (χ1v) is 19.2. The summed E-state index contributed by atoms with van der Waals surface area (Å²) >= 11 is 0. The van der Waals surface area contributed by atoms with Crippen LogP contribution < -0.4 is 15.8 Å². The molecule has 5 aliphatic rings. The minimum Gasteiger partial charge on any atom is -0.507 e. The number of aromatic hydroxyl groups is 2. The van der Waals surface area contributed by atoms with Gasteiger partial charge in [0.05, 0.1) is 48.2 Å². The predicted molar refractivity (Wildman–Crippen MR) is 200 cm³/mol. The molecule has 6 N–H and O–H groups in total. The quantitative estimate of drug-likeness (QED) is 0.181. The minimum atomic E-state index is -2.26. The molecular formula is C40H52N4O13. The summed E-state index contributed by atoms with van der Waals surface area (Å²) in [5, 5.41) is 38.8. The molecule has 7 rings (SSSR count). The van der Waals surface area contributed by atoms with Gasteiger partial charge in [0.2, 0.25) is 11.7 Å². The Hall–Kier alpha value is -4.20. The summed E-state index contributed by atoms with van der Waals surface area (Å²) < 4.78 is 35.9. The van der Waals surface area contributed by atoms with Crippen molar-refractivity contribution in [3.05, 3.63) is 51.6 Å². The highest BCUT2D eigenvalue weighted by Crippen LogP contribution is 2.53. The van der Waals surface area contributed by atoms with Crippen LogP contribution in [0.15, 0.2) is 18.2 Å². The lowest BCUT2D eigenvalue weighted by Gasteiger charge is -2.43. The maximum Gasteiger partial charge on any atom is 0.252 e. The summed E-state index contributed by atoms with van der Waals surface area (Å²) in [6, 6.07) is 4.25. The van der Waals surface area contributed by atoms with Gasteiger partial charge in [-0.15, -0.1) is 0 Å². The number of morpholine rings is 1. The fraction of sp³-hybridized carbons (Fsp3) is 0.600. The van der Waals surface area contributed by atoms with Crippen LogP contribution in [-0.4, -0.2) is 144 Å². The molecule has 3 fully saturated rings. The van der Waals surface area contributed by atoms with Gasteiger partial charge in [-0.2, -0.15) is 0 Å². The molecule has 3 heterocycles. The second-order valence-electron chi connectivity index (χ2n) is 16.1. The number of benzene rings is 2. The van der Waals surface area contributed by atoms with Gasteiger partial charge in [-0.3, -0.25) is 24.1 Å². The molecule has 9 atom stereocenters. The van der Waals surface area contributed by atoms with Crippen LogP contribution in [0.1, 0.15) is 89.6 Å². The molecule has 2 aromatic rings. The fourth-order valence-corrected chi connectivity index (χ4v) is 8.76. The average molecular weight is 797 g/mol. The number of rotatable bonds is 10. The second kappa shape index (κ2) is 15.2. The first-order chi connectivity index (χ1) is 26.9. The van der Waals surface area contributed by atoms with E-state index in [1.54, 1.807) is 14.0 Å². The van der Waals surface area contributed by atoms with Gasteiger partial charge in [0.25, 0.3) is 5.91 Å². The van der Waals surface area contributed by atoms with Gasteiger partial charge in [0.1, 0.15) is 29.0 Å². The highest BCUT2D eigenvalue weighted by atomic mass is 16.7. The van der Waals surface area contributed by atoms with Crippen molar-refractivity contribution in [1.29, 1.82) is 0 Å². The molecule has 3 saturated heterocycles. The van der Waals surface area contributed by atoms with Crippen LogP contribution in [0.4, 0.5) is 0 Å². The Balaban J connectivity index is 1.23. The van der Waals surface area contributed by atoms with Crippen LogP contribution in [0, 0.1) is 5.92 Å². The van der Waals surface area contributed by atoms with Crippen molar-refractivity contribution < 1.29 is 62.9 Å². The van der Waals surface area contributed by atoms with E-state index in [2.05, 4.69) is 10.2 Å². The van der Waals surface area contributed by atoms with Crippen molar-refractivity contribution in [3.8, 4) is 17.2 Å². The standard InChI is InChI=1S/C40H52N4O13/c1-18(2)39(4,41)38(50)43(5)12-11-42-37(49)40(51)16-21-27(33(48)29-28(31(21)46)30(45)20-9-8-10-23(52-6)26(20)32(29)47)24(17-40)56-25-15-22-34(19(3)55-25)57-35-36(53-7)54-14-13-44(22)35/h8-10,18-19,22,24-25,34-36,46,48,51H,11-17,41H2,1-7H3,(H,42,49)/t19-,22-,24-,25-,34+,35+,36-,39-,40-/m0/s1. The van der Waals surface area contributed by atoms with Crippen molar-refractivity contribution >= 4 is 23.4 Å². The molecule has 3 aliphatic heterocycles. The maximum absolute atomic E-state index is 14.1. The van der Waals surface area contributed by atoms with Crippen molar-refractivity contribution in [1.82, 2.24) is 15.1 Å². The van der Waals surface area contributed by atoms with Crippen molar-refractivity contribution in [2.24, 2.45) is 11.7 Å².